The minimum absolute atomic E-state index is 0.0234. The summed E-state index contributed by atoms with van der Waals surface area (Å²) >= 11 is -0.138. The van der Waals surface area contributed by atoms with E-state index in [9.17, 15) is 18.0 Å². The van der Waals surface area contributed by atoms with Crippen LogP contribution >= 0.6 is 11.8 Å². The van der Waals surface area contributed by atoms with Crippen LogP contribution < -0.4 is 16.7 Å². The van der Waals surface area contributed by atoms with Crippen LogP contribution in [0.2, 0.25) is 0 Å². The third kappa shape index (κ3) is 7.87. The number of nitrogens with two attached hydrogens (primary N) is 1. The van der Waals surface area contributed by atoms with Crippen molar-refractivity contribution in [3.63, 3.8) is 0 Å². The van der Waals surface area contributed by atoms with Gasteiger partial charge in [0.05, 0.1) is 5.69 Å². The Morgan fingerprint density at radius 3 is 2.55 bits per heavy atom. The highest BCUT2D eigenvalue weighted by Crippen LogP contribution is 2.39. The number of H-pyrrole nitrogens is 1. The molecule has 2 aromatic carbocycles. The van der Waals surface area contributed by atoms with Gasteiger partial charge in [-0.05, 0) is 103 Å². The van der Waals surface area contributed by atoms with E-state index >= 15 is 0 Å². The van der Waals surface area contributed by atoms with Crippen LogP contribution in [-0.4, -0.2) is 31.1 Å². The molecule has 0 aliphatic carbocycles. The molecule has 0 fully saturated rings. The van der Waals surface area contributed by atoms with Crippen molar-refractivity contribution in [2.75, 3.05) is 0 Å². The maximum Gasteiger partial charge on any atom is 0.446 e. The zero-order chi connectivity index (χ0) is 29.7. The van der Waals surface area contributed by atoms with E-state index in [0.29, 0.717) is 47.5 Å². The van der Waals surface area contributed by atoms with Gasteiger partial charge in [0.2, 0.25) is 0 Å². The predicted octanol–water partition coefficient (Wildman–Crippen LogP) is 6.35. The maximum atomic E-state index is 13.2. The number of nitrogens with zero attached hydrogens (tertiary/aromatic N) is 3. The van der Waals surface area contributed by atoms with Gasteiger partial charge in [0.15, 0.2) is 0 Å². The van der Waals surface area contributed by atoms with Crippen LogP contribution in [0.1, 0.15) is 36.5 Å². The van der Waals surface area contributed by atoms with E-state index < -0.39 is 11.2 Å². The van der Waals surface area contributed by atoms with Gasteiger partial charge >= 0.3 is 11.2 Å². The number of pyridine rings is 1. The van der Waals surface area contributed by atoms with Crippen molar-refractivity contribution < 1.29 is 13.2 Å². The zero-order valence-electron chi connectivity index (χ0n) is 23.0. The van der Waals surface area contributed by atoms with E-state index in [1.165, 1.54) is 10.6 Å². The quantitative estimate of drug-likeness (QED) is 0.155. The summed E-state index contributed by atoms with van der Waals surface area (Å²) < 4.78 is 41.1. The molecule has 11 heteroatoms. The lowest BCUT2D eigenvalue weighted by atomic mass is 10.0. The van der Waals surface area contributed by atoms with Crippen molar-refractivity contribution in [1.82, 2.24) is 24.8 Å². The van der Waals surface area contributed by atoms with Crippen LogP contribution in [0, 0.1) is 0 Å². The number of alkyl halides is 3. The minimum Gasteiger partial charge on any atom is -0.339 e. The largest absolute Gasteiger partial charge is 0.446 e. The summed E-state index contributed by atoms with van der Waals surface area (Å²) in [6.07, 6.45) is 7.40. The molecule has 0 saturated carbocycles. The van der Waals surface area contributed by atoms with Gasteiger partial charge in [-0.25, -0.2) is 4.79 Å². The smallest absolute Gasteiger partial charge is 0.339 e. The third-order valence-electron chi connectivity index (χ3n) is 6.74. The van der Waals surface area contributed by atoms with E-state index in [1.54, 1.807) is 24.5 Å². The number of aromatic amines is 1. The van der Waals surface area contributed by atoms with Crippen LogP contribution in [0.3, 0.4) is 0 Å². The Labute approximate surface area is 245 Å². The van der Waals surface area contributed by atoms with Crippen molar-refractivity contribution >= 4 is 22.8 Å². The first-order chi connectivity index (χ1) is 20.1. The summed E-state index contributed by atoms with van der Waals surface area (Å²) in [5.74, 6) is 0. The molecule has 3 heterocycles. The molecule has 0 aliphatic rings. The fourth-order valence-electron chi connectivity index (χ4n) is 4.74. The highest BCUT2D eigenvalue weighted by atomic mass is 32.2. The molecule has 0 aliphatic heterocycles. The summed E-state index contributed by atoms with van der Waals surface area (Å²) in [5.41, 5.74) is 6.14. The second-order valence-corrected chi connectivity index (χ2v) is 11.4. The second-order valence-electron chi connectivity index (χ2n) is 10.3. The summed E-state index contributed by atoms with van der Waals surface area (Å²) in [6, 6.07) is 18.3. The fourth-order valence-corrected chi connectivity index (χ4v) is 5.41. The lowest BCUT2D eigenvalue weighted by Crippen LogP contribution is -2.20. The van der Waals surface area contributed by atoms with Crippen LogP contribution in [-0.2, 0) is 19.5 Å². The fraction of sp³-hybridized carbons (Fsp3) is 0.258. The van der Waals surface area contributed by atoms with E-state index in [1.807, 2.05) is 55.6 Å². The number of thioether (sulfide) groups is 1. The molecule has 3 aromatic heterocycles. The number of aromatic nitrogens is 4. The molecule has 7 nitrogen and oxygen atoms in total. The van der Waals surface area contributed by atoms with E-state index in [-0.39, 0.29) is 22.7 Å². The average Bonchev–Trinajstić information content (AvgIpc) is 3.35. The van der Waals surface area contributed by atoms with Crippen molar-refractivity contribution in [2.45, 2.75) is 55.7 Å². The zero-order valence-corrected chi connectivity index (χ0v) is 23.8. The van der Waals surface area contributed by atoms with Gasteiger partial charge in [-0.2, -0.15) is 18.2 Å². The van der Waals surface area contributed by atoms with Crippen molar-refractivity contribution in [2.24, 2.45) is 5.73 Å². The first-order valence-corrected chi connectivity index (χ1v) is 14.4. The normalized spacial score (nSPS) is 12.6. The standard InChI is InChI=1S/C31H31F3N6OS/c1-20(35)4-2-5-22-12-24(14-27(13-22)42-31(32,33)34)28-15-25-19-40(30(41)39-29(25)38-28)26-9-7-21(8-10-26)16-37-18-23-6-3-11-36-17-23/h3,6-15,17,19-20,37H,2,4-5,16,18,35H2,1H3,(H,38,39,41)/t20-/m0/s1. The molecule has 0 amide bonds. The maximum absolute atomic E-state index is 13.2. The third-order valence-corrected chi connectivity index (χ3v) is 7.44. The molecule has 5 rings (SSSR count). The lowest BCUT2D eigenvalue weighted by molar-refractivity contribution is -0.0328. The highest BCUT2D eigenvalue weighted by Gasteiger charge is 2.29. The number of fused-ring (bicyclic) bond motifs is 1. The molecule has 0 radical (unpaired) electrons. The molecule has 1 atom stereocenters. The number of halogens is 3. The van der Waals surface area contributed by atoms with E-state index in [4.69, 9.17) is 5.73 Å². The molecule has 218 valence electrons. The predicted molar refractivity (Wildman–Crippen MR) is 160 cm³/mol. The molecule has 0 saturated heterocycles. The first kappa shape index (κ1) is 29.6. The number of aryl methyl sites for hydroxylation is 1. The minimum atomic E-state index is -4.41. The van der Waals surface area contributed by atoms with Crippen molar-refractivity contribution in [1.29, 1.82) is 0 Å². The number of nitrogens with one attached hydrogen (secondary N) is 2. The van der Waals surface area contributed by atoms with Crippen LogP contribution in [0.5, 0.6) is 0 Å². The van der Waals surface area contributed by atoms with Crippen LogP contribution in [0.25, 0.3) is 28.0 Å². The summed E-state index contributed by atoms with van der Waals surface area (Å²) in [5, 5.41) is 4.04. The molecule has 5 aromatic rings. The second kappa shape index (κ2) is 12.9. The van der Waals surface area contributed by atoms with E-state index in [2.05, 4.69) is 20.3 Å². The van der Waals surface area contributed by atoms with Gasteiger partial charge in [-0.3, -0.25) is 9.55 Å². The highest BCUT2D eigenvalue weighted by molar-refractivity contribution is 8.00. The molecule has 42 heavy (non-hydrogen) atoms. The Hall–Kier alpha value is -3.93. The Kier molecular flexibility index (Phi) is 9.10. The first-order valence-electron chi connectivity index (χ1n) is 13.6. The van der Waals surface area contributed by atoms with Crippen molar-refractivity contribution in [3.05, 3.63) is 106 Å². The topological polar surface area (TPSA) is 102 Å². The average molecular weight is 593 g/mol. The molecular weight excluding hydrogens is 561 g/mol. The number of rotatable bonds is 11. The summed E-state index contributed by atoms with van der Waals surface area (Å²) in [4.78, 5) is 24.5. The van der Waals surface area contributed by atoms with E-state index in [0.717, 1.165) is 29.5 Å². The Morgan fingerprint density at radius 1 is 1.05 bits per heavy atom. The van der Waals surface area contributed by atoms with Gasteiger partial charge in [0.25, 0.3) is 0 Å². The van der Waals surface area contributed by atoms with Gasteiger partial charge in [-0.1, -0.05) is 18.2 Å². The molecule has 0 bridgehead atoms. The summed E-state index contributed by atoms with van der Waals surface area (Å²) in [6.45, 7) is 3.26. The van der Waals surface area contributed by atoms with Gasteiger partial charge in [-0.15, -0.1) is 0 Å². The lowest BCUT2D eigenvalue weighted by Gasteiger charge is -2.11. The number of hydrogen-bond acceptors (Lipinski definition) is 6. The molecular formula is C31H31F3N6OS. The number of hydrogen-bond donors (Lipinski definition) is 3. The van der Waals surface area contributed by atoms with Crippen LogP contribution in [0.15, 0.2) is 88.9 Å². The molecule has 0 unspecified atom stereocenters. The van der Waals surface area contributed by atoms with Gasteiger partial charge in [0, 0.05) is 53.7 Å². The number of benzene rings is 2. The Bertz CT molecular complexity index is 1700. The van der Waals surface area contributed by atoms with Crippen LogP contribution in [0.4, 0.5) is 13.2 Å². The Morgan fingerprint density at radius 2 is 1.83 bits per heavy atom. The summed E-state index contributed by atoms with van der Waals surface area (Å²) in [7, 11) is 0. The van der Waals surface area contributed by atoms with Gasteiger partial charge < -0.3 is 16.0 Å². The molecule has 4 N–H and O–H groups in total. The monoisotopic (exact) mass is 592 g/mol. The molecule has 0 spiro atoms. The van der Waals surface area contributed by atoms with Gasteiger partial charge in [0.1, 0.15) is 5.65 Å². The Balaban J connectivity index is 1.37. The van der Waals surface area contributed by atoms with Crippen molar-refractivity contribution in [3.8, 4) is 16.9 Å². The SMILES string of the molecule is C[C@H](N)CCCc1cc(SC(F)(F)F)cc(-c2cc3cn(-c4ccc(CNCc5cccnc5)cc4)c(=O)nc3[nH]2)c1.